The molecule has 0 bridgehead atoms. The van der Waals surface area contributed by atoms with Gasteiger partial charge in [0.05, 0.1) is 29.9 Å². The van der Waals surface area contributed by atoms with E-state index >= 15 is 0 Å². The molecule has 0 atom stereocenters. The van der Waals surface area contributed by atoms with E-state index in [4.69, 9.17) is 16.3 Å². The third kappa shape index (κ3) is 5.39. The van der Waals surface area contributed by atoms with Crippen LogP contribution in [0, 0.1) is 0 Å². The fraction of sp³-hybridized carbons (Fsp3) is 0.0800. The second kappa shape index (κ2) is 10.3. The Morgan fingerprint density at radius 2 is 1.79 bits per heavy atom. The summed E-state index contributed by atoms with van der Waals surface area (Å²) in [4.78, 5) is 31.0. The van der Waals surface area contributed by atoms with Crippen molar-refractivity contribution in [3.63, 3.8) is 0 Å². The van der Waals surface area contributed by atoms with Gasteiger partial charge in [0, 0.05) is 16.8 Å². The predicted molar refractivity (Wildman–Crippen MR) is 131 cm³/mol. The molecule has 33 heavy (non-hydrogen) atoms. The zero-order valence-corrected chi connectivity index (χ0v) is 19.2. The van der Waals surface area contributed by atoms with E-state index in [0.29, 0.717) is 21.9 Å². The van der Waals surface area contributed by atoms with Crippen LogP contribution >= 0.6 is 22.9 Å². The predicted octanol–water partition coefficient (Wildman–Crippen LogP) is 5.65. The Kier molecular flexibility index (Phi) is 7.02. The van der Waals surface area contributed by atoms with Crippen molar-refractivity contribution < 1.29 is 14.3 Å². The van der Waals surface area contributed by atoms with Gasteiger partial charge in [-0.1, -0.05) is 48.0 Å². The van der Waals surface area contributed by atoms with Crippen molar-refractivity contribution in [2.75, 3.05) is 12.4 Å². The lowest BCUT2D eigenvalue weighted by molar-refractivity contribution is 0.0950. The number of anilines is 1. The van der Waals surface area contributed by atoms with E-state index in [0.717, 1.165) is 16.1 Å². The second-order valence-electron chi connectivity index (χ2n) is 7.03. The van der Waals surface area contributed by atoms with Crippen LogP contribution in [-0.4, -0.2) is 23.9 Å². The normalized spacial score (nSPS) is 10.5. The zero-order valence-electron chi connectivity index (χ0n) is 17.7. The highest BCUT2D eigenvalue weighted by Crippen LogP contribution is 2.36. The van der Waals surface area contributed by atoms with Gasteiger partial charge in [-0.2, -0.15) is 0 Å². The first-order valence-electron chi connectivity index (χ1n) is 10.1. The minimum absolute atomic E-state index is 0.231. The molecule has 0 radical (unpaired) electrons. The second-order valence-corrected chi connectivity index (χ2v) is 8.49. The van der Waals surface area contributed by atoms with Crippen molar-refractivity contribution in [2.24, 2.45) is 0 Å². The monoisotopic (exact) mass is 477 g/mol. The Morgan fingerprint density at radius 3 is 2.48 bits per heavy atom. The number of ether oxygens (including phenoxy) is 1. The van der Waals surface area contributed by atoms with E-state index in [1.807, 2.05) is 54.6 Å². The number of halogens is 1. The maximum Gasteiger partial charge on any atom is 0.269 e. The number of carbonyl (C=O) groups is 2. The largest absolute Gasteiger partial charge is 0.495 e. The summed E-state index contributed by atoms with van der Waals surface area (Å²) < 4.78 is 5.41. The van der Waals surface area contributed by atoms with Gasteiger partial charge in [0.1, 0.15) is 10.6 Å². The molecule has 0 unspecified atom stereocenters. The molecule has 0 aliphatic heterocycles. The van der Waals surface area contributed by atoms with Crippen LogP contribution in [0.1, 0.15) is 25.7 Å². The van der Waals surface area contributed by atoms with Gasteiger partial charge in [-0.3, -0.25) is 14.6 Å². The molecule has 8 heteroatoms. The highest BCUT2D eigenvalue weighted by Gasteiger charge is 2.19. The van der Waals surface area contributed by atoms with Gasteiger partial charge in [0.15, 0.2) is 0 Å². The number of methoxy groups -OCH3 is 1. The number of pyridine rings is 1. The molecule has 0 saturated heterocycles. The Morgan fingerprint density at radius 1 is 1.00 bits per heavy atom. The standard InChI is InChI=1S/C25H20ClN3O3S/c1-32-21-14-22(16-7-3-2-4-8-16)33-23(21)25(31)29-17-10-11-19(20(26)13-17)24(30)28-15-18-9-5-6-12-27-18/h2-14H,15H2,1H3,(H,28,30)(H,29,31). The first kappa shape index (κ1) is 22.5. The maximum absolute atomic E-state index is 12.9. The van der Waals surface area contributed by atoms with Crippen LogP contribution in [0.3, 0.4) is 0 Å². The van der Waals surface area contributed by atoms with E-state index in [9.17, 15) is 9.59 Å². The maximum atomic E-state index is 12.9. The van der Waals surface area contributed by atoms with Crippen molar-refractivity contribution in [2.45, 2.75) is 6.54 Å². The van der Waals surface area contributed by atoms with Gasteiger partial charge in [-0.25, -0.2) is 0 Å². The first-order chi connectivity index (χ1) is 16.0. The van der Waals surface area contributed by atoms with Crippen LogP contribution in [0.25, 0.3) is 10.4 Å². The number of hydrogen-bond donors (Lipinski definition) is 2. The lowest BCUT2D eigenvalue weighted by Crippen LogP contribution is -2.23. The Labute approximate surface area is 200 Å². The van der Waals surface area contributed by atoms with Crippen LogP contribution in [0.4, 0.5) is 5.69 Å². The SMILES string of the molecule is COc1cc(-c2ccccc2)sc1C(=O)Nc1ccc(C(=O)NCc2ccccn2)c(Cl)c1. The van der Waals surface area contributed by atoms with E-state index in [1.54, 1.807) is 24.4 Å². The molecule has 2 aromatic heterocycles. The molecule has 4 rings (SSSR count). The lowest BCUT2D eigenvalue weighted by atomic mass is 10.2. The van der Waals surface area contributed by atoms with Crippen molar-refractivity contribution >= 4 is 40.4 Å². The molecule has 166 valence electrons. The number of amides is 2. The Balaban J connectivity index is 1.46. The van der Waals surface area contributed by atoms with E-state index in [2.05, 4.69) is 15.6 Å². The highest BCUT2D eigenvalue weighted by molar-refractivity contribution is 7.17. The molecule has 0 spiro atoms. The number of nitrogens with one attached hydrogen (secondary N) is 2. The first-order valence-corrected chi connectivity index (χ1v) is 11.3. The smallest absolute Gasteiger partial charge is 0.269 e. The van der Waals surface area contributed by atoms with Gasteiger partial charge in [0.25, 0.3) is 11.8 Å². The van der Waals surface area contributed by atoms with E-state index in [-0.39, 0.29) is 23.4 Å². The minimum atomic E-state index is -0.323. The molecule has 0 aliphatic rings. The number of benzene rings is 2. The summed E-state index contributed by atoms with van der Waals surface area (Å²) >= 11 is 7.67. The van der Waals surface area contributed by atoms with Crippen molar-refractivity contribution in [1.29, 1.82) is 0 Å². The molecule has 4 aromatic rings. The average molecular weight is 478 g/mol. The number of rotatable bonds is 7. The average Bonchev–Trinajstić information content (AvgIpc) is 3.29. The fourth-order valence-corrected chi connectivity index (χ4v) is 4.46. The quantitative estimate of drug-likeness (QED) is 0.360. The summed E-state index contributed by atoms with van der Waals surface area (Å²) in [5.41, 5.74) is 2.53. The molecule has 2 amide bonds. The summed E-state index contributed by atoms with van der Waals surface area (Å²) in [5.74, 6) is -0.147. The summed E-state index contributed by atoms with van der Waals surface area (Å²) in [6.07, 6.45) is 1.66. The van der Waals surface area contributed by atoms with Crippen LogP contribution in [-0.2, 0) is 6.54 Å². The zero-order chi connectivity index (χ0) is 23.2. The molecule has 6 nitrogen and oxygen atoms in total. The number of thiophene rings is 1. The van der Waals surface area contributed by atoms with Gasteiger partial charge in [0.2, 0.25) is 0 Å². The summed E-state index contributed by atoms with van der Waals surface area (Å²) in [5, 5.41) is 5.85. The van der Waals surface area contributed by atoms with Gasteiger partial charge in [-0.05, 0) is 42.0 Å². The molecular formula is C25H20ClN3O3S. The van der Waals surface area contributed by atoms with Gasteiger partial charge >= 0.3 is 0 Å². The van der Waals surface area contributed by atoms with Crippen LogP contribution in [0.5, 0.6) is 5.75 Å². The van der Waals surface area contributed by atoms with Crippen molar-refractivity contribution in [1.82, 2.24) is 10.3 Å². The van der Waals surface area contributed by atoms with E-state index < -0.39 is 0 Å². The Bertz CT molecular complexity index is 1280. The van der Waals surface area contributed by atoms with Crippen molar-refractivity contribution in [3.05, 3.63) is 100 Å². The lowest BCUT2D eigenvalue weighted by Gasteiger charge is -2.09. The topological polar surface area (TPSA) is 80.3 Å². The Hall–Kier alpha value is -3.68. The minimum Gasteiger partial charge on any atom is -0.495 e. The third-order valence-electron chi connectivity index (χ3n) is 4.81. The summed E-state index contributed by atoms with van der Waals surface area (Å²) in [6, 6.07) is 21.9. The van der Waals surface area contributed by atoms with Crippen LogP contribution < -0.4 is 15.4 Å². The molecule has 2 heterocycles. The van der Waals surface area contributed by atoms with Gasteiger partial charge in [-0.15, -0.1) is 11.3 Å². The third-order valence-corrected chi connectivity index (χ3v) is 6.29. The summed E-state index contributed by atoms with van der Waals surface area (Å²) in [6.45, 7) is 0.288. The molecular weight excluding hydrogens is 458 g/mol. The molecule has 0 fully saturated rings. The summed E-state index contributed by atoms with van der Waals surface area (Å²) in [7, 11) is 1.53. The van der Waals surface area contributed by atoms with Crippen LogP contribution in [0.15, 0.2) is 79.0 Å². The van der Waals surface area contributed by atoms with Crippen LogP contribution in [0.2, 0.25) is 5.02 Å². The molecule has 2 aromatic carbocycles. The number of carbonyl (C=O) groups excluding carboxylic acids is 2. The highest BCUT2D eigenvalue weighted by atomic mass is 35.5. The number of nitrogens with zero attached hydrogens (tertiary/aromatic N) is 1. The number of aromatic nitrogens is 1. The fourth-order valence-electron chi connectivity index (χ4n) is 3.16. The molecule has 0 saturated carbocycles. The molecule has 2 N–H and O–H groups in total. The van der Waals surface area contributed by atoms with Gasteiger partial charge < -0.3 is 15.4 Å². The molecule has 0 aliphatic carbocycles. The van der Waals surface area contributed by atoms with Crippen molar-refractivity contribution in [3.8, 4) is 16.2 Å². The number of hydrogen-bond acceptors (Lipinski definition) is 5. The van der Waals surface area contributed by atoms with E-state index in [1.165, 1.54) is 18.4 Å².